The molecule has 3 heterocycles. The fraction of sp³-hybridized carbons (Fsp3) is 0.643. The fourth-order valence-corrected chi connectivity index (χ4v) is 4.08. The molecule has 0 spiro atoms. The minimum atomic E-state index is -0.708. The second-order valence-electron chi connectivity index (χ2n) is 5.37. The lowest BCUT2D eigenvalue weighted by Gasteiger charge is -2.34. The van der Waals surface area contributed by atoms with Crippen molar-refractivity contribution in [2.24, 2.45) is 0 Å². The van der Waals surface area contributed by atoms with Crippen molar-refractivity contribution >= 4 is 17.3 Å². The van der Waals surface area contributed by atoms with Gasteiger partial charge in [-0.25, -0.2) is 0 Å². The van der Waals surface area contributed by atoms with Crippen molar-refractivity contribution in [1.82, 2.24) is 9.80 Å². The molecule has 3 rings (SSSR count). The molecule has 19 heavy (non-hydrogen) atoms. The largest absolute Gasteiger partial charge is 0.480 e. The van der Waals surface area contributed by atoms with Crippen molar-refractivity contribution in [2.75, 3.05) is 32.7 Å². The molecule has 0 bridgehead atoms. The van der Waals surface area contributed by atoms with Gasteiger partial charge in [0.2, 0.25) is 0 Å². The molecule has 1 aromatic heterocycles. The topological polar surface area (TPSA) is 43.8 Å². The van der Waals surface area contributed by atoms with Gasteiger partial charge in [-0.1, -0.05) is 0 Å². The third-order valence-corrected chi connectivity index (χ3v) is 5.20. The molecule has 1 N–H and O–H groups in total. The summed E-state index contributed by atoms with van der Waals surface area (Å²) in [5, 5.41) is 11.5. The van der Waals surface area contributed by atoms with E-state index in [0.29, 0.717) is 0 Å². The number of hydrogen-bond acceptors (Lipinski definition) is 4. The van der Waals surface area contributed by atoms with Gasteiger partial charge in [0.05, 0.1) is 0 Å². The van der Waals surface area contributed by atoms with E-state index in [9.17, 15) is 9.90 Å². The Kier molecular flexibility index (Phi) is 3.86. The molecule has 2 aliphatic rings. The van der Waals surface area contributed by atoms with Crippen molar-refractivity contribution in [3.8, 4) is 0 Å². The maximum absolute atomic E-state index is 11.6. The van der Waals surface area contributed by atoms with Crippen LogP contribution in [-0.2, 0) is 11.2 Å². The highest BCUT2D eigenvalue weighted by Gasteiger charge is 2.33. The van der Waals surface area contributed by atoms with Crippen molar-refractivity contribution in [2.45, 2.75) is 25.3 Å². The Bertz CT molecular complexity index is 454. The highest BCUT2D eigenvalue weighted by atomic mass is 32.1. The molecule has 0 radical (unpaired) electrons. The van der Waals surface area contributed by atoms with Crippen LogP contribution in [0, 0.1) is 0 Å². The molecule has 1 fully saturated rings. The number of aliphatic carboxylic acids is 1. The Balaban J connectivity index is 1.68. The monoisotopic (exact) mass is 280 g/mol. The summed E-state index contributed by atoms with van der Waals surface area (Å²) in [4.78, 5) is 17.4. The molecule has 1 saturated heterocycles. The second kappa shape index (κ2) is 5.61. The zero-order valence-corrected chi connectivity index (χ0v) is 11.9. The molecule has 1 unspecified atom stereocenters. The molecule has 1 atom stereocenters. The number of carboxylic acids is 1. The van der Waals surface area contributed by atoms with Gasteiger partial charge in [0.25, 0.3) is 0 Å². The summed E-state index contributed by atoms with van der Waals surface area (Å²) >= 11 is 1.69. The third-order valence-electron chi connectivity index (χ3n) is 4.20. The minimum absolute atomic E-state index is 0.433. The van der Waals surface area contributed by atoms with Crippen LogP contribution in [0.1, 0.15) is 29.3 Å². The quantitative estimate of drug-likeness (QED) is 0.914. The van der Waals surface area contributed by atoms with Crippen molar-refractivity contribution < 1.29 is 9.90 Å². The van der Waals surface area contributed by atoms with Gasteiger partial charge in [0.15, 0.2) is 0 Å². The van der Waals surface area contributed by atoms with Gasteiger partial charge in [-0.15, -0.1) is 11.3 Å². The van der Waals surface area contributed by atoms with Crippen LogP contribution in [0.3, 0.4) is 0 Å². The summed E-state index contributed by atoms with van der Waals surface area (Å²) in [6, 6.07) is 1.55. The summed E-state index contributed by atoms with van der Waals surface area (Å²) in [5.41, 5.74) is 1.02. The van der Waals surface area contributed by atoms with E-state index in [2.05, 4.69) is 9.80 Å². The zero-order chi connectivity index (χ0) is 13.2. The van der Waals surface area contributed by atoms with E-state index in [0.717, 1.165) is 31.6 Å². The maximum atomic E-state index is 11.6. The first-order valence-electron chi connectivity index (χ1n) is 7.01. The van der Waals surface area contributed by atoms with Crippen molar-refractivity contribution in [1.29, 1.82) is 0 Å². The molecular weight excluding hydrogens is 260 g/mol. The average Bonchev–Trinajstić information content (AvgIpc) is 3.06. The lowest BCUT2D eigenvalue weighted by molar-refractivity contribution is -0.144. The lowest BCUT2D eigenvalue weighted by Crippen LogP contribution is -2.42. The number of rotatable bonds is 4. The number of carboxylic acid groups (broad SMARTS) is 1. The summed E-state index contributed by atoms with van der Waals surface area (Å²) in [6.07, 6.45) is 3.57. The second-order valence-corrected chi connectivity index (χ2v) is 6.38. The number of thiophene rings is 1. The van der Waals surface area contributed by atoms with Crippen LogP contribution in [0.2, 0.25) is 0 Å². The molecule has 104 valence electrons. The first kappa shape index (κ1) is 13.1. The Morgan fingerprint density at radius 1 is 1.32 bits per heavy atom. The first-order valence-corrected chi connectivity index (χ1v) is 7.89. The molecule has 0 saturated carbocycles. The average molecular weight is 280 g/mol. The normalized spacial score (nSPS) is 24.5. The van der Waals surface area contributed by atoms with E-state index in [-0.39, 0.29) is 0 Å². The van der Waals surface area contributed by atoms with E-state index in [1.807, 2.05) is 11.4 Å². The molecular formula is C14H20N2O2S. The summed E-state index contributed by atoms with van der Waals surface area (Å²) < 4.78 is 0. The molecule has 4 nitrogen and oxygen atoms in total. The number of hydrogen-bond donors (Lipinski definition) is 1. The Labute approximate surface area is 117 Å². The SMILES string of the molecule is O=C(O)C1c2ccsc2CCN1CCN1CCCC1. The summed E-state index contributed by atoms with van der Waals surface area (Å²) in [7, 11) is 0. The van der Waals surface area contributed by atoms with Crippen LogP contribution in [-0.4, -0.2) is 53.6 Å². The third kappa shape index (κ3) is 2.68. The lowest BCUT2D eigenvalue weighted by atomic mass is 10.00. The summed E-state index contributed by atoms with van der Waals surface area (Å²) in [6.45, 7) is 5.10. The fourth-order valence-electron chi connectivity index (χ4n) is 3.17. The van der Waals surface area contributed by atoms with Crippen LogP contribution in [0.15, 0.2) is 11.4 Å². The predicted octanol–water partition coefficient (Wildman–Crippen LogP) is 1.83. The first-order chi connectivity index (χ1) is 9.25. The van der Waals surface area contributed by atoms with E-state index >= 15 is 0 Å². The van der Waals surface area contributed by atoms with Gasteiger partial charge in [0, 0.05) is 24.5 Å². The number of nitrogens with zero attached hydrogens (tertiary/aromatic N) is 2. The maximum Gasteiger partial charge on any atom is 0.325 e. The van der Waals surface area contributed by atoms with Crippen LogP contribution in [0.5, 0.6) is 0 Å². The Hall–Kier alpha value is -0.910. The highest BCUT2D eigenvalue weighted by Crippen LogP contribution is 2.33. The molecule has 0 aliphatic carbocycles. The number of carbonyl (C=O) groups is 1. The Morgan fingerprint density at radius 2 is 2.11 bits per heavy atom. The van der Waals surface area contributed by atoms with Crippen LogP contribution in [0.25, 0.3) is 0 Å². The van der Waals surface area contributed by atoms with Crippen molar-refractivity contribution in [3.05, 3.63) is 21.9 Å². The van der Waals surface area contributed by atoms with E-state index in [4.69, 9.17) is 0 Å². The highest BCUT2D eigenvalue weighted by molar-refractivity contribution is 7.10. The molecule has 0 aromatic carbocycles. The van der Waals surface area contributed by atoms with Gasteiger partial charge in [-0.05, 0) is 49.4 Å². The smallest absolute Gasteiger partial charge is 0.325 e. The van der Waals surface area contributed by atoms with Crippen LogP contribution in [0.4, 0.5) is 0 Å². The molecule has 1 aromatic rings. The Morgan fingerprint density at radius 3 is 2.84 bits per heavy atom. The zero-order valence-electron chi connectivity index (χ0n) is 11.0. The van der Waals surface area contributed by atoms with Gasteiger partial charge >= 0.3 is 5.97 Å². The molecule has 0 amide bonds. The standard InChI is InChI=1S/C14H20N2O2S/c17-14(18)13-11-4-10-19-12(11)3-7-16(13)9-8-15-5-1-2-6-15/h4,10,13H,1-3,5-9H2,(H,17,18). The van der Waals surface area contributed by atoms with E-state index in [1.54, 1.807) is 11.3 Å². The van der Waals surface area contributed by atoms with Gasteiger partial charge < -0.3 is 10.0 Å². The van der Waals surface area contributed by atoms with Gasteiger partial charge in [0.1, 0.15) is 6.04 Å². The predicted molar refractivity (Wildman–Crippen MR) is 75.6 cm³/mol. The van der Waals surface area contributed by atoms with Gasteiger partial charge in [-0.2, -0.15) is 0 Å². The molecule has 5 heteroatoms. The minimum Gasteiger partial charge on any atom is -0.480 e. The molecule has 2 aliphatic heterocycles. The van der Waals surface area contributed by atoms with E-state index < -0.39 is 12.0 Å². The number of fused-ring (bicyclic) bond motifs is 1. The van der Waals surface area contributed by atoms with Gasteiger partial charge in [-0.3, -0.25) is 9.69 Å². The van der Waals surface area contributed by atoms with Crippen LogP contribution >= 0.6 is 11.3 Å². The van der Waals surface area contributed by atoms with E-state index in [1.165, 1.54) is 30.8 Å². The van der Waals surface area contributed by atoms with Crippen molar-refractivity contribution in [3.63, 3.8) is 0 Å². The summed E-state index contributed by atoms with van der Waals surface area (Å²) in [5.74, 6) is -0.708. The number of likely N-dealkylation sites (tertiary alicyclic amines) is 1. The van der Waals surface area contributed by atoms with Crippen LogP contribution < -0.4 is 0 Å².